The van der Waals surface area contributed by atoms with E-state index in [2.05, 4.69) is 16.2 Å². The Morgan fingerprint density at radius 1 is 0.788 bits per heavy atom. The third-order valence-corrected chi connectivity index (χ3v) is 6.66. The van der Waals surface area contributed by atoms with Crippen molar-refractivity contribution in [2.24, 2.45) is 0 Å². The van der Waals surface area contributed by atoms with Gasteiger partial charge in [-0.25, -0.2) is 0 Å². The highest BCUT2D eigenvalue weighted by Crippen LogP contribution is 2.37. The number of halogens is 2. The van der Waals surface area contributed by atoms with Crippen molar-refractivity contribution in [2.45, 2.75) is 6.92 Å². The van der Waals surface area contributed by atoms with Crippen molar-refractivity contribution in [1.29, 1.82) is 0 Å². The van der Waals surface area contributed by atoms with Crippen molar-refractivity contribution >= 4 is 68.0 Å². The Balaban J connectivity index is 1.39. The number of hydrogen-bond acceptors (Lipinski definition) is 4. The van der Waals surface area contributed by atoms with Crippen molar-refractivity contribution in [2.75, 3.05) is 5.32 Å². The summed E-state index contributed by atoms with van der Waals surface area (Å²) in [4.78, 5) is 37.6. The Hall–Kier alpha value is -3.39. The van der Waals surface area contributed by atoms with Gasteiger partial charge in [-0.3, -0.25) is 25.2 Å². The number of hydrazine groups is 1. The maximum atomic E-state index is 12.7. The molecule has 0 aliphatic heterocycles. The molecule has 1 aromatic heterocycles. The van der Waals surface area contributed by atoms with Gasteiger partial charge in [0.05, 0.1) is 5.02 Å². The zero-order chi connectivity index (χ0) is 23.5. The Kier molecular flexibility index (Phi) is 6.65. The zero-order valence-corrected chi connectivity index (χ0v) is 19.6. The molecule has 4 rings (SSSR count). The van der Waals surface area contributed by atoms with Crippen molar-refractivity contribution < 1.29 is 14.4 Å². The van der Waals surface area contributed by atoms with E-state index in [1.54, 1.807) is 48.5 Å². The fourth-order valence-corrected chi connectivity index (χ4v) is 4.81. The summed E-state index contributed by atoms with van der Waals surface area (Å²) in [6, 6.07) is 18.5. The molecule has 0 bridgehead atoms. The molecule has 0 saturated heterocycles. The fraction of sp³-hybridized carbons (Fsp3) is 0.0417. The van der Waals surface area contributed by atoms with Gasteiger partial charge in [0.2, 0.25) is 0 Å². The first kappa shape index (κ1) is 22.8. The van der Waals surface area contributed by atoms with Crippen LogP contribution >= 0.6 is 34.5 Å². The molecule has 0 radical (unpaired) electrons. The number of benzene rings is 3. The van der Waals surface area contributed by atoms with Crippen molar-refractivity contribution in [1.82, 2.24) is 10.9 Å². The van der Waals surface area contributed by atoms with Gasteiger partial charge in [-0.15, -0.1) is 11.3 Å². The molecular formula is C24H17Cl2N3O3S. The lowest BCUT2D eigenvalue weighted by Crippen LogP contribution is -2.41. The maximum absolute atomic E-state index is 12.7. The summed E-state index contributed by atoms with van der Waals surface area (Å²) in [5.74, 6) is -1.27. The number of fused-ring (bicyclic) bond motifs is 1. The van der Waals surface area contributed by atoms with E-state index in [-0.39, 0.29) is 5.91 Å². The van der Waals surface area contributed by atoms with E-state index in [1.807, 2.05) is 13.0 Å². The predicted octanol–water partition coefficient (Wildman–Crippen LogP) is 5.84. The van der Waals surface area contributed by atoms with E-state index in [0.717, 1.165) is 15.6 Å². The second-order valence-electron chi connectivity index (χ2n) is 7.19. The molecule has 0 saturated carbocycles. The monoisotopic (exact) mass is 497 g/mol. The van der Waals surface area contributed by atoms with Crippen LogP contribution in [0.5, 0.6) is 0 Å². The van der Waals surface area contributed by atoms with E-state index < -0.39 is 11.8 Å². The van der Waals surface area contributed by atoms with Crippen molar-refractivity contribution in [3.8, 4) is 0 Å². The highest BCUT2D eigenvalue weighted by Gasteiger charge is 2.18. The van der Waals surface area contributed by atoms with Crippen LogP contribution in [0.25, 0.3) is 10.1 Å². The minimum Gasteiger partial charge on any atom is -0.321 e. The average molecular weight is 498 g/mol. The van der Waals surface area contributed by atoms with Gasteiger partial charge >= 0.3 is 0 Å². The van der Waals surface area contributed by atoms with Gasteiger partial charge in [0.15, 0.2) is 0 Å². The molecule has 6 nitrogen and oxygen atoms in total. The van der Waals surface area contributed by atoms with Crippen LogP contribution in [0.15, 0.2) is 66.7 Å². The zero-order valence-electron chi connectivity index (χ0n) is 17.2. The number of carbonyl (C=O) groups excluding carboxylic acids is 3. The third kappa shape index (κ3) is 5.17. The third-order valence-electron chi connectivity index (χ3n) is 4.77. The Morgan fingerprint density at radius 3 is 2.18 bits per heavy atom. The first-order valence-electron chi connectivity index (χ1n) is 9.78. The van der Waals surface area contributed by atoms with Crippen LogP contribution in [-0.4, -0.2) is 17.7 Å². The number of anilines is 1. The Labute approximate surface area is 203 Å². The summed E-state index contributed by atoms with van der Waals surface area (Å²) in [7, 11) is 0. The fourth-order valence-electron chi connectivity index (χ4n) is 3.12. The molecular weight excluding hydrogens is 481 g/mol. The number of thiophene rings is 1. The lowest BCUT2D eigenvalue weighted by atomic mass is 10.1. The maximum Gasteiger partial charge on any atom is 0.269 e. The highest BCUT2D eigenvalue weighted by molar-refractivity contribution is 7.21. The molecule has 0 aliphatic rings. The summed E-state index contributed by atoms with van der Waals surface area (Å²) >= 11 is 13.6. The Bertz CT molecular complexity index is 1380. The lowest BCUT2D eigenvalue weighted by Gasteiger charge is -2.09. The number of rotatable bonds is 4. The van der Waals surface area contributed by atoms with Crippen molar-refractivity contribution in [3.05, 3.63) is 98.3 Å². The lowest BCUT2D eigenvalue weighted by molar-refractivity contribution is 0.0846. The van der Waals surface area contributed by atoms with Gasteiger partial charge in [0.25, 0.3) is 17.7 Å². The van der Waals surface area contributed by atoms with Crippen LogP contribution in [0, 0.1) is 6.92 Å². The first-order chi connectivity index (χ1) is 15.8. The van der Waals surface area contributed by atoms with Crippen LogP contribution < -0.4 is 16.2 Å². The number of amides is 3. The van der Waals surface area contributed by atoms with Crippen LogP contribution in [-0.2, 0) is 0 Å². The van der Waals surface area contributed by atoms with Crippen LogP contribution in [0.1, 0.15) is 36.0 Å². The summed E-state index contributed by atoms with van der Waals surface area (Å²) in [6.07, 6.45) is 0. The Morgan fingerprint density at radius 2 is 1.48 bits per heavy atom. The number of nitrogens with one attached hydrogen (secondary N) is 3. The average Bonchev–Trinajstić information content (AvgIpc) is 3.13. The van der Waals surface area contributed by atoms with Gasteiger partial charge in [-0.1, -0.05) is 47.0 Å². The molecule has 3 N–H and O–H groups in total. The molecule has 3 amide bonds. The largest absolute Gasteiger partial charge is 0.321 e. The summed E-state index contributed by atoms with van der Waals surface area (Å²) in [5, 5.41) is 4.46. The minimum atomic E-state index is -0.488. The standard InChI is InChI=1S/C24H17Cl2N3O3S/c1-13-3-2-4-15(11-13)23(31)29-28-22(30)14-5-8-17(9-6-14)27-24(32)21-20(26)18-10-7-16(25)12-19(18)33-21/h2-12H,1H3,(H,27,32)(H,28,30)(H,29,31). The molecule has 0 aliphatic carbocycles. The van der Waals surface area contributed by atoms with E-state index in [9.17, 15) is 14.4 Å². The smallest absolute Gasteiger partial charge is 0.269 e. The second-order valence-corrected chi connectivity index (χ2v) is 9.06. The van der Waals surface area contributed by atoms with E-state index >= 15 is 0 Å². The van der Waals surface area contributed by atoms with Gasteiger partial charge in [-0.05, 0) is 55.5 Å². The van der Waals surface area contributed by atoms with Gasteiger partial charge < -0.3 is 5.32 Å². The summed E-state index contributed by atoms with van der Waals surface area (Å²) in [6.45, 7) is 1.88. The topological polar surface area (TPSA) is 87.3 Å². The quantitative estimate of drug-likeness (QED) is 0.309. The normalized spacial score (nSPS) is 10.6. The molecule has 4 aromatic rings. The molecule has 0 unspecified atom stereocenters. The van der Waals surface area contributed by atoms with Crippen LogP contribution in [0.2, 0.25) is 10.0 Å². The van der Waals surface area contributed by atoms with Crippen LogP contribution in [0.4, 0.5) is 5.69 Å². The molecule has 0 spiro atoms. The number of carbonyl (C=O) groups is 3. The first-order valence-corrected chi connectivity index (χ1v) is 11.4. The number of hydrogen-bond donors (Lipinski definition) is 3. The van der Waals surface area contributed by atoms with Crippen LogP contribution in [0.3, 0.4) is 0 Å². The van der Waals surface area contributed by atoms with Gasteiger partial charge in [-0.2, -0.15) is 0 Å². The summed E-state index contributed by atoms with van der Waals surface area (Å²) < 4.78 is 0.817. The van der Waals surface area contributed by atoms with Crippen molar-refractivity contribution in [3.63, 3.8) is 0 Å². The molecule has 166 valence electrons. The van der Waals surface area contributed by atoms with Gasteiger partial charge in [0.1, 0.15) is 4.88 Å². The second kappa shape index (κ2) is 9.62. The molecule has 0 atom stereocenters. The predicted molar refractivity (Wildman–Crippen MR) is 132 cm³/mol. The molecule has 9 heteroatoms. The molecule has 0 fully saturated rings. The molecule has 1 heterocycles. The van der Waals surface area contributed by atoms with E-state index in [1.165, 1.54) is 23.5 Å². The highest BCUT2D eigenvalue weighted by atomic mass is 35.5. The van der Waals surface area contributed by atoms with Gasteiger partial charge in [0, 0.05) is 31.9 Å². The SMILES string of the molecule is Cc1cccc(C(=O)NNC(=O)c2ccc(NC(=O)c3sc4cc(Cl)ccc4c3Cl)cc2)c1. The molecule has 3 aromatic carbocycles. The van der Waals surface area contributed by atoms with E-state index in [0.29, 0.717) is 31.7 Å². The number of aryl methyl sites for hydroxylation is 1. The minimum absolute atomic E-state index is 0.312. The van der Waals surface area contributed by atoms with E-state index in [4.69, 9.17) is 23.2 Å². The molecule has 33 heavy (non-hydrogen) atoms. The summed E-state index contributed by atoms with van der Waals surface area (Å²) in [5.41, 5.74) is 6.94.